The molecule has 0 amide bonds. The number of pyridine rings is 1. The average Bonchev–Trinajstić information content (AvgIpc) is 2.40. The fraction of sp³-hybridized carbons (Fsp3) is 0.538. The van der Waals surface area contributed by atoms with Gasteiger partial charge in [-0.2, -0.15) is 0 Å². The number of hydrogen-bond donors (Lipinski definition) is 2. The summed E-state index contributed by atoms with van der Waals surface area (Å²) in [7, 11) is 0. The maximum absolute atomic E-state index is 10.7. The molecule has 5 nitrogen and oxygen atoms in total. The molecule has 1 aromatic rings. The van der Waals surface area contributed by atoms with Crippen LogP contribution in [-0.2, 0) is 6.54 Å². The Morgan fingerprint density at radius 3 is 2.89 bits per heavy atom. The number of aromatic carboxylic acids is 1. The number of piperidine rings is 1. The van der Waals surface area contributed by atoms with Crippen LogP contribution in [0.2, 0.25) is 0 Å². The number of nitrogens with zero attached hydrogens (tertiary/aromatic N) is 2. The van der Waals surface area contributed by atoms with Gasteiger partial charge in [0.1, 0.15) is 0 Å². The molecule has 1 unspecified atom stereocenters. The summed E-state index contributed by atoms with van der Waals surface area (Å²) in [5.74, 6) is -0.958. The molecular weight excluding hydrogens is 232 g/mol. The molecule has 1 fully saturated rings. The van der Waals surface area contributed by atoms with E-state index in [1.54, 1.807) is 12.1 Å². The first kappa shape index (κ1) is 13.0. The molecule has 2 rings (SSSR count). The van der Waals surface area contributed by atoms with Crippen molar-refractivity contribution in [3.8, 4) is 0 Å². The second-order valence-corrected chi connectivity index (χ2v) is 4.65. The third-order valence-electron chi connectivity index (χ3n) is 3.40. The normalized spacial score (nSPS) is 20.8. The maximum Gasteiger partial charge on any atom is 0.337 e. The number of likely N-dealkylation sites (tertiary alicyclic amines) is 1. The van der Waals surface area contributed by atoms with Crippen LogP contribution in [0.4, 0.5) is 0 Å². The Bertz CT molecular complexity index is 405. The maximum atomic E-state index is 10.7. The molecule has 1 atom stereocenters. The lowest BCUT2D eigenvalue weighted by molar-refractivity contribution is 0.0696. The smallest absolute Gasteiger partial charge is 0.337 e. The average molecular weight is 250 g/mol. The number of hydrogen-bond acceptors (Lipinski definition) is 4. The fourth-order valence-corrected chi connectivity index (χ4v) is 2.33. The third-order valence-corrected chi connectivity index (χ3v) is 3.40. The zero-order chi connectivity index (χ0) is 13.0. The van der Waals surface area contributed by atoms with Crippen molar-refractivity contribution in [2.75, 3.05) is 13.2 Å². The van der Waals surface area contributed by atoms with E-state index in [9.17, 15) is 9.90 Å². The minimum Gasteiger partial charge on any atom is -0.478 e. The second-order valence-electron chi connectivity index (χ2n) is 4.65. The Morgan fingerprint density at radius 2 is 2.28 bits per heavy atom. The van der Waals surface area contributed by atoms with Crippen molar-refractivity contribution in [3.63, 3.8) is 0 Å². The van der Waals surface area contributed by atoms with Gasteiger partial charge in [0, 0.05) is 18.8 Å². The minimum absolute atomic E-state index is 0.174. The molecular formula is C13H18N2O3. The van der Waals surface area contributed by atoms with Crippen LogP contribution in [0, 0.1) is 0 Å². The van der Waals surface area contributed by atoms with Crippen LogP contribution >= 0.6 is 0 Å². The van der Waals surface area contributed by atoms with Gasteiger partial charge in [-0.05, 0) is 31.5 Å². The predicted octanol–water partition coefficient (Wildman–Crippen LogP) is 1.13. The molecule has 5 heteroatoms. The first-order valence-electron chi connectivity index (χ1n) is 6.24. The highest BCUT2D eigenvalue weighted by Crippen LogP contribution is 2.18. The molecule has 0 aliphatic carbocycles. The van der Waals surface area contributed by atoms with Crippen molar-refractivity contribution >= 4 is 5.97 Å². The van der Waals surface area contributed by atoms with Crippen molar-refractivity contribution in [1.82, 2.24) is 9.88 Å². The first-order chi connectivity index (χ1) is 8.70. The third kappa shape index (κ3) is 3.05. The molecule has 1 aliphatic rings. The molecule has 98 valence electrons. The lowest BCUT2D eigenvalue weighted by Crippen LogP contribution is -2.41. The van der Waals surface area contributed by atoms with Gasteiger partial charge in [-0.15, -0.1) is 0 Å². The van der Waals surface area contributed by atoms with Crippen molar-refractivity contribution in [1.29, 1.82) is 0 Å². The van der Waals surface area contributed by atoms with E-state index in [0.717, 1.165) is 31.5 Å². The number of aromatic nitrogens is 1. The largest absolute Gasteiger partial charge is 0.478 e. The molecule has 1 saturated heterocycles. The Morgan fingerprint density at radius 1 is 1.44 bits per heavy atom. The van der Waals surface area contributed by atoms with E-state index in [4.69, 9.17) is 5.11 Å². The van der Waals surface area contributed by atoms with Gasteiger partial charge in [-0.1, -0.05) is 6.42 Å². The lowest BCUT2D eigenvalue weighted by atomic mass is 10.0. The summed E-state index contributed by atoms with van der Waals surface area (Å²) in [5, 5.41) is 18.1. The molecule has 1 aromatic heterocycles. The van der Waals surface area contributed by atoms with E-state index in [1.165, 1.54) is 6.20 Å². The quantitative estimate of drug-likeness (QED) is 0.838. The summed E-state index contributed by atoms with van der Waals surface area (Å²) in [6, 6.07) is 3.52. The molecule has 0 radical (unpaired) electrons. The van der Waals surface area contributed by atoms with Crippen LogP contribution in [0.1, 0.15) is 35.3 Å². The van der Waals surface area contributed by atoms with Crippen LogP contribution in [0.3, 0.4) is 0 Å². The highest BCUT2D eigenvalue weighted by atomic mass is 16.4. The Balaban J connectivity index is 2.01. The van der Waals surface area contributed by atoms with Crippen molar-refractivity contribution < 1.29 is 15.0 Å². The zero-order valence-electron chi connectivity index (χ0n) is 10.2. The van der Waals surface area contributed by atoms with Crippen molar-refractivity contribution in [2.45, 2.75) is 31.8 Å². The van der Waals surface area contributed by atoms with E-state index in [1.807, 2.05) is 0 Å². The van der Waals surface area contributed by atoms with E-state index in [2.05, 4.69) is 9.88 Å². The summed E-state index contributed by atoms with van der Waals surface area (Å²) < 4.78 is 0. The lowest BCUT2D eigenvalue weighted by Gasteiger charge is -2.34. The molecule has 1 aliphatic heterocycles. The molecule has 2 heterocycles. The van der Waals surface area contributed by atoms with Gasteiger partial charge in [0.15, 0.2) is 0 Å². The summed E-state index contributed by atoms with van der Waals surface area (Å²) >= 11 is 0. The highest BCUT2D eigenvalue weighted by molar-refractivity contribution is 5.87. The predicted molar refractivity (Wildman–Crippen MR) is 66.3 cm³/mol. The standard InChI is InChI=1S/C13H18N2O3/c16-9-12-3-1-2-6-15(12)8-11-5-4-10(7-14-11)13(17)18/h4-5,7,12,16H,1-3,6,8-9H2,(H,17,18). The Kier molecular flexibility index (Phi) is 4.28. The topological polar surface area (TPSA) is 73.7 Å². The van der Waals surface area contributed by atoms with Crippen LogP contribution in [0.25, 0.3) is 0 Å². The second kappa shape index (κ2) is 5.93. The molecule has 0 aromatic carbocycles. The van der Waals surface area contributed by atoms with Gasteiger partial charge in [0.05, 0.1) is 17.9 Å². The van der Waals surface area contributed by atoms with Crippen molar-refractivity contribution in [3.05, 3.63) is 29.6 Å². The van der Waals surface area contributed by atoms with Gasteiger partial charge < -0.3 is 10.2 Å². The van der Waals surface area contributed by atoms with E-state index >= 15 is 0 Å². The summed E-state index contributed by atoms with van der Waals surface area (Å²) in [6.45, 7) is 1.81. The number of carbonyl (C=O) groups is 1. The molecule has 2 N–H and O–H groups in total. The van der Waals surface area contributed by atoms with Gasteiger partial charge in [-0.3, -0.25) is 9.88 Å². The molecule has 0 bridgehead atoms. The number of carboxylic acid groups (broad SMARTS) is 1. The van der Waals surface area contributed by atoms with Crippen molar-refractivity contribution in [2.24, 2.45) is 0 Å². The van der Waals surface area contributed by atoms with Crippen LogP contribution in [-0.4, -0.2) is 45.3 Å². The summed E-state index contributed by atoms with van der Waals surface area (Å²) in [5.41, 5.74) is 1.05. The van der Waals surface area contributed by atoms with Gasteiger partial charge >= 0.3 is 5.97 Å². The van der Waals surface area contributed by atoms with E-state index in [-0.39, 0.29) is 18.2 Å². The number of rotatable bonds is 4. The van der Waals surface area contributed by atoms with Crippen LogP contribution in [0.5, 0.6) is 0 Å². The van der Waals surface area contributed by atoms with Crippen LogP contribution in [0.15, 0.2) is 18.3 Å². The Labute approximate surface area is 106 Å². The summed E-state index contributed by atoms with van der Waals surface area (Å²) in [6.07, 6.45) is 4.70. The fourth-order valence-electron chi connectivity index (χ4n) is 2.33. The van der Waals surface area contributed by atoms with Gasteiger partial charge in [0.25, 0.3) is 0 Å². The van der Waals surface area contributed by atoms with E-state index < -0.39 is 5.97 Å². The first-order valence-corrected chi connectivity index (χ1v) is 6.24. The number of aliphatic hydroxyl groups excluding tert-OH is 1. The number of carboxylic acids is 1. The summed E-state index contributed by atoms with van der Waals surface area (Å²) in [4.78, 5) is 17.1. The number of aliphatic hydroxyl groups is 1. The minimum atomic E-state index is -0.958. The molecule has 0 spiro atoms. The van der Waals surface area contributed by atoms with Crippen LogP contribution < -0.4 is 0 Å². The highest BCUT2D eigenvalue weighted by Gasteiger charge is 2.21. The van der Waals surface area contributed by atoms with Gasteiger partial charge in [0.2, 0.25) is 0 Å². The monoisotopic (exact) mass is 250 g/mol. The molecule has 18 heavy (non-hydrogen) atoms. The Hall–Kier alpha value is -1.46. The molecule has 0 saturated carbocycles. The van der Waals surface area contributed by atoms with Gasteiger partial charge in [-0.25, -0.2) is 4.79 Å². The SMILES string of the molecule is O=C(O)c1ccc(CN2CCCCC2CO)nc1. The zero-order valence-corrected chi connectivity index (χ0v) is 10.2. The van der Waals surface area contributed by atoms with E-state index in [0.29, 0.717) is 6.54 Å².